The number of rotatable bonds is 5. The molecule has 3 aliphatic rings. The number of amides is 2. The first kappa shape index (κ1) is 25.3. The van der Waals surface area contributed by atoms with Gasteiger partial charge < -0.3 is 25.3 Å². The Labute approximate surface area is 227 Å². The lowest BCUT2D eigenvalue weighted by atomic mass is 9.83. The van der Waals surface area contributed by atoms with E-state index in [-0.39, 0.29) is 23.3 Å². The van der Waals surface area contributed by atoms with Gasteiger partial charge in [-0.1, -0.05) is 24.8 Å². The highest BCUT2D eigenvalue weighted by molar-refractivity contribution is 6.05. The van der Waals surface area contributed by atoms with Crippen LogP contribution in [0.25, 0.3) is 27.9 Å². The van der Waals surface area contributed by atoms with E-state index in [1.807, 2.05) is 35.9 Å². The smallest absolute Gasteiger partial charge is 0.250 e. The van der Waals surface area contributed by atoms with Crippen molar-refractivity contribution in [2.45, 2.75) is 44.6 Å². The summed E-state index contributed by atoms with van der Waals surface area (Å²) in [6.07, 6.45) is 8.03. The summed E-state index contributed by atoms with van der Waals surface area (Å²) >= 11 is 0. The van der Waals surface area contributed by atoms with Crippen molar-refractivity contribution in [3.05, 3.63) is 54.4 Å². The number of anilines is 2. The molecular formula is C30H34N6O3. The number of ether oxygens (including phenoxy) is 1. The van der Waals surface area contributed by atoms with Gasteiger partial charge in [-0.3, -0.25) is 9.59 Å². The maximum atomic E-state index is 13.5. The van der Waals surface area contributed by atoms with Gasteiger partial charge in [-0.05, 0) is 62.3 Å². The summed E-state index contributed by atoms with van der Waals surface area (Å²) in [6.45, 7) is 7.55. The molecule has 2 amide bonds. The zero-order valence-corrected chi connectivity index (χ0v) is 22.5. The van der Waals surface area contributed by atoms with E-state index in [1.165, 1.54) is 6.33 Å². The number of carbonyl (C=O) groups excluding carboxylic acids is 2. The van der Waals surface area contributed by atoms with E-state index in [9.17, 15) is 9.59 Å². The minimum atomic E-state index is -0.211. The molecule has 2 aliphatic heterocycles. The topological polar surface area (TPSA) is 115 Å². The molecule has 3 aromatic rings. The molecule has 0 bridgehead atoms. The Balaban J connectivity index is 1.34. The summed E-state index contributed by atoms with van der Waals surface area (Å²) in [7, 11) is 1.98. The van der Waals surface area contributed by atoms with Crippen LogP contribution < -0.4 is 11.1 Å². The number of aryl methyl sites for hydroxylation is 1. The number of likely N-dealkylation sites (tertiary alicyclic amines) is 1. The average molecular weight is 527 g/mol. The molecule has 202 valence electrons. The summed E-state index contributed by atoms with van der Waals surface area (Å²) in [4.78, 5) is 36.5. The van der Waals surface area contributed by atoms with Gasteiger partial charge in [0.15, 0.2) is 0 Å². The number of hydrogen-bond acceptors (Lipinski definition) is 6. The van der Waals surface area contributed by atoms with Crippen LogP contribution in [0.3, 0.4) is 0 Å². The lowest BCUT2D eigenvalue weighted by molar-refractivity contribution is -0.162. The molecule has 39 heavy (non-hydrogen) atoms. The number of aromatic nitrogens is 3. The first-order valence-corrected chi connectivity index (χ1v) is 13.5. The van der Waals surface area contributed by atoms with Crippen LogP contribution in [0.15, 0.2) is 48.8 Å². The molecule has 3 N–H and O–H groups in total. The van der Waals surface area contributed by atoms with Crippen molar-refractivity contribution >= 4 is 39.9 Å². The molecule has 0 unspecified atom stereocenters. The predicted octanol–water partition coefficient (Wildman–Crippen LogP) is 4.31. The van der Waals surface area contributed by atoms with Crippen LogP contribution in [-0.4, -0.2) is 56.5 Å². The molecular weight excluding hydrogens is 492 g/mol. The number of nitrogens with one attached hydrogen (secondary N) is 1. The largest absolute Gasteiger partial charge is 0.383 e. The van der Waals surface area contributed by atoms with Crippen molar-refractivity contribution in [3.8, 4) is 11.3 Å². The number of benzene rings is 1. The number of fused-ring (bicyclic) bond motifs is 1. The van der Waals surface area contributed by atoms with Crippen molar-refractivity contribution in [1.82, 2.24) is 19.4 Å². The quantitative estimate of drug-likeness (QED) is 0.479. The molecule has 2 fully saturated rings. The van der Waals surface area contributed by atoms with E-state index >= 15 is 0 Å². The Morgan fingerprint density at radius 2 is 1.97 bits per heavy atom. The summed E-state index contributed by atoms with van der Waals surface area (Å²) < 4.78 is 7.54. The van der Waals surface area contributed by atoms with Gasteiger partial charge in [-0.15, -0.1) is 0 Å². The summed E-state index contributed by atoms with van der Waals surface area (Å²) in [5, 5.41) is 3.69. The third-order valence-electron chi connectivity index (χ3n) is 8.49. The highest BCUT2D eigenvalue weighted by Crippen LogP contribution is 2.44. The average Bonchev–Trinajstić information content (AvgIpc) is 3.50. The zero-order valence-electron chi connectivity index (χ0n) is 22.5. The molecule has 1 spiro atoms. The number of nitrogens with zero attached hydrogens (tertiary/aromatic N) is 4. The van der Waals surface area contributed by atoms with Gasteiger partial charge in [0.1, 0.15) is 17.8 Å². The Hall–Kier alpha value is -3.98. The number of carbonyl (C=O) groups is 2. The minimum absolute atomic E-state index is 0.0208. The molecule has 0 radical (unpaired) electrons. The molecule has 0 saturated carbocycles. The summed E-state index contributed by atoms with van der Waals surface area (Å²) in [6, 6.07) is 7.73. The highest BCUT2D eigenvalue weighted by Gasteiger charge is 2.50. The van der Waals surface area contributed by atoms with Gasteiger partial charge in [0.05, 0.1) is 29.8 Å². The molecule has 4 heterocycles. The molecule has 1 aliphatic carbocycles. The second kappa shape index (κ2) is 9.64. The van der Waals surface area contributed by atoms with E-state index in [0.29, 0.717) is 36.7 Å². The maximum Gasteiger partial charge on any atom is 0.250 e. The molecule has 2 saturated heterocycles. The van der Waals surface area contributed by atoms with Crippen LogP contribution in [-0.2, 0) is 21.4 Å². The predicted molar refractivity (Wildman–Crippen MR) is 152 cm³/mol. The van der Waals surface area contributed by atoms with E-state index in [0.717, 1.165) is 65.7 Å². The number of allylic oxidation sites excluding steroid dienone is 2. The highest BCUT2D eigenvalue weighted by atomic mass is 16.5. The normalized spacial score (nSPS) is 20.1. The molecule has 6 rings (SSSR count). The molecule has 1 aromatic carbocycles. The number of nitrogen functional groups attached to an aromatic ring is 1. The monoisotopic (exact) mass is 526 g/mol. The number of nitrogens with two attached hydrogens (primary N) is 1. The van der Waals surface area contributed by atoms with Crippen LogP contribution in [0.1, 0.15) is 44.6 Å². The Kier molecular flexibility index (Phi) is 6.26. The fraction of sp³-hybridized carbons (Fsp3) is 0.400. The lowest BCUT2D eigenvalue weighted by Crippen LogP contribution is -2.61. The van der Waals surface area contributed by atoms with Crippen LogP contribution in [0.2, 0.25) is 0 Å². The SMILES string of the molecule is C=C(C)C(=O)Nc1ccc(-c2c(C3=CC[C@@H](C(=O)N4CCCC45COC5)CC3)c3c(N)ncnc3n2C)cc1. The van der Waals surface area contributed by atoms with Crippen molar-refractivity contribution in [1.29, 1.82) is 0 Å². The van der Waals surface area contributed by atoms with Crippen molar-refractivity contribution in [3.63, 3.8) is 0 Å². The third kappa shape index (κ3) is 4.21. The first-order valence-electron chi connectivity index (χ1n) is 13.5. The molecule has 9 nitrogen and oxygen atoms in total. The van der Waals surface area contributed by atoms with E-state index in [4.69, 9.17) is 10.5 Å². The van der Waals surface area contributed by atoms with Gasteiger partial charge in [0, 0.05) is 36.3 Å². The van der Waals surface area contributed by atoms with Gasteiger partial charge in [0.25, 0.3) is 5.91 Å². The standard InChI is InChI=1S/C30H34N6O3/c1-18(2)28(37)34-22-11-9-20(10-12-22)25-23(24-26(31)32-17-33-27(24)35(25)3)19-5-7-21(8-6-19)29(38)36-14-4-13-30(36)15-39-16-30/h5,9-12,17,21H,1,4,6-8,13-16H2,2-3H3,(H,34,37)(H2,31,32,33)/t21-/m1/s1. The third-order valence-corrected chi connectivity index (χ3v) is 8.49. The Bertz CT molecular complexity index is 1520. The fourth-order valence-corrected chi connectivity index (χ4v) is 6.30. The first-order chi connectivity index (χ1) is 18.8. The van der Waals surface area contributed by atoms with Crippen LogP contribution >= 0.6 is 0 Å². The summed E-state index contributed by atoms with van der Waals surface area (Å²) in [5.74, 6) is 0.467. The summed E-state index contributed by atoms with van der Waals surface area (Å²) in [5.41, 5.74) is 12.4. The van der Waals surface area contributed by atoms with Crippen molar-refractivity contribution in [2.75, 3.05) is 30.8 Å². The van der Waals surface area contributed by atoms with E-state index in [2.05, 4.69) is 32.8 Å². The van der Waals surface area contributed by atoms with Crippen LogP contribution in [0.5, 0.6) is 0 Å². The van der Waals surface area contributed by atoms with Crippen molar-refractivity contribution < 1.29 is 14.3 Å². The Morgan fingerprint density at radius 3 is 2.62 bits per heavy atom. The minimum Gasteiger partial charge on any atom is -0.383 e. The maximum absolute atomic E-state index is 13.5. The second-order valence-electron chi connectivity index (χ2n) is 11.1. The van der Waals surface area contributed by atoms with E-state index in [1.54, 1.807) is 6.92 Å². The van der Waals surface area contributed by atoms with Gasteiger partial charge >= 0.3 is 0 Å². The van der Waals surface area contributed by atoms with Crippen LogP contribution in [0, 0.1) is 5.92 Å². The lowest BCUT2D eigenvalue weighted by Gasteiger charge is -2.46. The zero-order chi connectivity index (χ0) is 27.3. The second-order valence-corrected chi connectivity index (χ2v) is 11.1. The van der Waals surface area contributed by atoms with Crippen molar-refractivity contribution in [2.24, 2.45) is 13.0 Å². The molecule has 9 heteroatoms. The molecule has 2 aromatic heterocycles. The fourth-order valence-electron chi connectivity index (χ4n) is 6.30. The number of hydrogen-bond donors (Lipinski definition) is 2. The molecule has 1 atom stereocenters. The van der Waals surface area contributed by atoms with Crippen LogP contribution in [0.4, 0.5) is 11.5 Å². The van der Waals surface area contributed by atoms with Gasteiger partial charge in [0.2, 0.25) is 5.91 Å². The van der Waals surface area contributed by atoms with Gasteiger partial charge in [-0.25, -0.2) is 9.97 Å². The van der Waals surface area contributed by atoms with E-state index < -0.39 is 0 Å². The van der Waals surface area contributed by atoms with Gasteiger partial charge in [-0.2, -0.15) is 0 Å². The Morgan fingerprint density at radius 1 is 1.21 bits per heavy atom.